The highest BCUT2D eigenvalue weighted by Gasteiger charge is 2.25. The van der Waals surface area contributed by atoms with E-state index in [1.165, 1.54) is 0 Å². The number of aliphatic carboxylic acids is 1. The van der Waals surface area contributed by atoms with Crippen molar-refractivity contribution in [3.8, 4) is 0 Å². The average molecular weight is 156 g/mol. The zero-order chi connectivity index (χ0) is 8.43. The van der Waals surface area contributed by atoms with E-state index in [0.29, 0.717) is 0 Å². The predicted molar refractivity (Wildman–Crippen MR) is 36.5 cm³/mol. The van der Waals surface area contributed by atoms with Crippen molar-refractivity contribution in [3.63, 3.8) is 0 Å². The molecule has 1 unspecified atom stereocenters. The molecule has 0 radical (unpaired) electrons. The first kappa shape index (κ1) is 7.59. The minimum atomic E-state index is -1.04. The van der Waals surface area contributed by atoms with Crippen LogP contribution in [-0.4, -0.2) is 23.0 Å². The Balaban J connectivity index is 2.63. The molecule has 0 spiro atoms. The highest BCUT2D eigenvalue weighted by atomic mass is 16.4. The Morgan fingerprint density at radius 2 is 2.36 bits per heavy atom. The molecule has 1 aliphatic rings. The molecular weight excluding hydrogens is 148 g/mol. The molecule has 1 aliphatic heterocycles. The highest BCUT2D eigenvalue weighted by molar-refractivity contribution is 5.87. The van der Waals surface area contributed by atoms with Gasteiger partial charge in [0.2, 0.25) is 5.91 Å². The van der Waals surface area contributed by atoms with Crippen molar-refractivity contribution < 1.29 is 14.7 Å². The summed E-state index contributed by atoms with van der Waals surface area (Å²) in [6, 6.07) is -0.837. The Morgan fingerprint density at radius 1 is 1.73 bits per heavy atom. The first-order valence-electron chi connectivity index (χ1n) is 3.07. The molecule has 1 heterocycles. The van der Waals surface area contributed by atoms with Crippen LogP contribution in [0, 0.1) is 0 Å². The number of hydrogen-bond donors (Lipinski definition) is 3. The number of hydrogen-bond acceptors (Lipinski definition) is 3. The Morgan fingerprint density at radius 3 is 2.82 bits per heavy atom. The first-order chi connectivity index (χ1) is 5.09. The molecule has 1 fully saturated rings. The Hall–Kier alpha value is -1.52. The molecule has 5 heteroatoms. The van der Waals surface area contributed by atoms with Crippen LogP contribution in [-0.2, 0) is 9.59 Å². The number of rotatable bonds is 1. The summed E-state index contributed by atoms with van der Waals surface area (Å²) in [4.78, 5) is 21.1. The SMILES string of the molecule is C=C1NC(=O)CC(C(=O)O)N1. The highest BCUT2D eigenvalue weighted by Crippen LogP contribution is 2.00. The molecule has 5 nitrogen and oxygen atoms in total. The second-order valence-electron chi connectivity index (χ2n) is 2.27. The number of carboxylic acid groups (broad SMARTS) is 1. The van der Waals surface area contributed by atoms with Crippen LogP contribution in [0.15, 0.2) is 12.4 Å². The zero-order valence-electron chi connectivity index (χ0n) is 5.76. The van der Waals surface area contributed by atoms with Crippen molar-refractivity contribution in [1.29, 1.82) is 0 Å². The van der Waals surface area contributed by atoms with E-state index in [9.17, 15) is 9.59 Å². The third-order valence-electron chi connectivity index (χ3n) is 1.33. The van der Waals surface area contributed by atoms with Crippen LogP contribution in [0.25, 0.3) is 0 Å². The lowest BCUT2D eigenvalue weighted by Gasteiger charge is -2.22. The van der Waals surface area contributed by atoms with Gasteiger partial charge in [-0.05, 0) is 0 Å². The maximum absolute atomic E-state index is 10.7. The summed E-state index contributed by atoms with van der Waals surface area (Å²) in [5.74, 6) is -1.11. The number of carboxylic acids is 1. The minimum Gasteiger partial charge on any atom is -0.480 e. The molecule has 1 atom stereocenters. The van der Waals surface area contributed by atoms with Crippen molar-refractivity contribution in [2.45, 2.75) is 12.5 Å². The number of nitrogens with one attached hydrogen (secondary N) is 2. The first-order valence-corrected chi connectivity index (χ1v) is 3.07. The summed E-state index contributed by atoms with van der Waals surface area (Å²) in [6.45, 7) is 3.39. The van der Waals surface area contributed by atoms with Gasteiger partial charge in [0, 0.05) is 0 Å². The van der Waals surface area contributed by atoms with Crippen molar-refractivity contribution in [2.75, 3.05) is 0 Å². The molecule has 1 amide bonds. The van der Waals surface area contributed by atoms with E-state index in [2.05, 4.69) is 17.2 Å². The van der Waals surface area contributed by atoms with Gasteiger partial charge in [-0.25, -0.2) is 4.79 Å². The van der Waals surface area contributed by atoms with Gasteiger partial charge in [-0.1, -0.05) is 6.58 Å². The second kappa shape index (κ2) is 2.61. The predicted octanol–water partition coefficient (Wildman–Crippen LogP) is -0.980. The fourth-order valence-corrected chi connectivity index (χ4v) is 0.851. The fraction of sp³-hybridized carbons (Fsp3) is 0.333. The van der Waals surface area contributed by atoms with Gasteiger partial charge in [-0.3, -0.25) is 4.79 Å². The summed E-state index contributed by atoms with van der Waals surface area (Å²) in [5, 5.41) is 13.4. The van der Waals surface area contributed by atoms with Crippen molar-refractivity contribution >= 4 is 11.9 Å². The maximum atomic E-state index is 10.7. The van der Waals surface area contributed by atoms with E-state index >= 15 is 0 Å². The van der Waals surface area contributed by atoms with Crippen molar-refractivity contribution in [2.24, 2.45) is 0 Å². The normalized spacial score (nSPS) is 23.8. The largest absolute Gasteiger partial charge is 0.480 e. The van der Waals surface area contributed by atoms with Gasteiger partial charge in [0.05, 0.1) is 12.2 Å². The van der Waals surface area contributed by atoms with Crippen LogP contribution in [0.3, 0.4) is 0 Å². The van der Waals surface area contributed by atoms with Gasteiger partial charge in [0.1, 0.15) is 6.04 Å². The van der Waals surface area contributed by atoms with Crippen LogP contribution in [0.4, 0.5) is 0 Å². The molecule has 0 aromatic heterocycles. The van der Waals surface area contributed by atoms with Crippen molar-refractivity contribution in [3.05, 3.63) is 12.4 Å². The molecule has 0 saturated carbocycles. The van der Waals surface area contributed by atoms with Crippen LogP contribution >= 0.6 is 0 Å². The van der Waals surface area contributed by atoms with E-state index in [-0.39, 0.29) is 18.1 Å². The van der Waals surface area contributed by atoms with E-state index in [1.807, 2.05) is 0 Å². The lowest BCUT2D eigenvalue weighted by Crippen LogP contribution is -2.49. The van der Waals surface area contributed by atoms with E-state index < -0.39 is 12.0 Å². The molecule has 0 aromatic rings. The molecule has 0 aliphatic carbocycles. The third kappa shape index (κ3) is 1.70. The third-order valence-corrected chi connectivity index (χ3v) is 1.33. The topological polar surface area (TPSA) is 78.4 Å². The monoisotopic (exact) mass is 156 g/mol. The number of amides is 1. The summed E-state index contributed by atoms with van der Waals surface area (Å²) in [6.07, 6.45) is -0.0473. The summed E-state index contributed by atoms with van der Waals surface area (Å²) >= 11 is 0. The number of carbonyl (C=O) groups excluding carboxylic acids is 1. The van der Waals surface area contributed by atoms with Gasteiger partial charge in [0.25, 0.3) is 0 Å². The summed E-state index contributed by atoms with van der Waals surface area (Å²) in [7, 11) is 0. The Labute approximate surface area is 63.1 Å². The lowest BCUT2D eigenvalue weighted by molar-refractivity contribution is -0.142. The number of carbonyl (C=O) groups is 2. The minimum absolute atomic E-state index is 0.0473. The molecule has 3 N–H and O–H groups in total. The van der Waals surface area contributed by atoms with Crippen LogP contribution < -0.4 is 10.6 Å². The van der Waals surface area contributed by atoms with Crippen LogP contribution in [0.1, 0.15) is 6.42 Å². The lowest BCUT2D eigenvalue weighted by atomic mass is 10.1. The summed E-state index contributed by atoms with van der Waals surface area (Å²) in [5.41, 5.74) is 0. The fourth-order valence-electron chi connectivity index (χ4n) is 0.851. The van der Waals surface area contributed by atoms with Crippen LogP contribution in [0.5, 0.6) is 0 Å². The maximum Gasteiger partial charge on any atom is 0.326 e. The Bertz CT molecular complexity index is 208. The van der Waals surface area contributed by atoms with E-state index in [1.54, 1.807) is 0 Å². The molecule has 1 rings (SSSR count). The molecular formula is C6H8N2O3. The zero-order valence-corrected chi connectivity index (χ0v) is 5.76. The van der Waals surface area contributed by atoms with Gasteiger partial charge in [0.15, 0.2) is 0 Å². The van der Waals surface area contributed by atoms with Gasteiger partial charge in [-0.15, -0.1) is 0 Å². The van der Waals surface area contributed by atoms with E-state index in [0.717, 1.165) is 0 Å². The second-order valence-corrected chi connectivity index (χ2v) is 2.27. The van der Waals surface area contributed by atoms with Gasteiger partial charge < -0.3 is 15.7 Å². The quantitative estimate of drug-likeness (QED) is 0.456. The molecule has 0 aromatic carbocycles. The molecule has 60 valence electrons. The van der Waals surface area contributed by atoms with Gasteiger partial charge >= 0.3 is 5.97 Å². The molecule has 11 heavy (non-hydrogen) atoms. The van der Waals surface area contributed by atoms with Crippen molar-refractivity contribution in [1.82, 2.24) is 10.6 Å². The standard InChI is InChI=1S/C6H8N2O3/c1-3-7-4(6(10)11)2-5(9)8-3/h4,7H,1-2H2,(H,8,9)(H,10,11). The molecule has 1 saturated heterocycles. The van der Waals surface area contributed by atoms with Crippen LogP contribution in [0.2, 0.25) is 0 Å². The smallest absolute Gasteiger partial charge is 0.326 e. The molecule has 0 bridgehead atoms. The van der Waals surface area contributed by atoms with Gasteiger partial charge in [-0.2, -0.15) is 0 Å². The van der Waals surface area contributed by atoms with E-state index in [4.69, 9.17) is 5.11 Å². The Kier molecular flexibility index (Phi) is 1.80. The average Bonchev–Trinajstić information content (AvgIpc) is 1.85. The summed E-state index contributed by atoms with van der Waals surface area (Å²) < 4.78 is 0.